The number of carbonyl (C=O) groups excluding carboxylic acids is 1. The van der Waals surface area contributed by atoms with Gasteiger partial charge in [-0.2, -0.15) is 0 Å². The zero-order chi connectivity index (χ0) is 14.8. The van der Waals surface area contributed by atoms with Crippen molar-refractivity contribution in [2.75, 3.05) is 6.54 Å². The van der Waals surface area contributed by atoms with E-state index < -0.39 is 0 Å². The second-order valence-electron chi connectivity index (χ2n) is 6.15. The van der Waals surface area contributed by atoms with Crippen LogP contribution in [-0.2, 0) is 17.7 Å². The average Bonchev–Trinajstić information content (AvgIpc) is 3.11. The number of amides is 1. The summed E-state index contributed by atoms with van der Waals surface area (Å²) in [6.07, 6.45) is 5.42. The molecule has 0 spiro atoms. The molecule has 1 aromatic rings. The highest BCUT2D eigenvalue weighted by Gasteiger charge is 2.25. The molecule has 0 unspecified atom stereocenters. The molecule has 2 heterocycles. The van der Waals surface area contributed by atoms with E-state index in [9.17, 15) is 4.79 Å². The van der Waals surface area contributed by atoms with E-state index in [0.29, 0.717) is 12.5 Å². The van der Waals surface area contributed by atoms with Gasteiger partial charge in [0, 0.05) is 6.42 Å². The van der Waals surface area contributed by atoms with Gasteiger partial charge >= 0.3 is 0 Å². The standard InChI is InChI=1S/C16H22N2O2S/c1-10(2)14-7-12(20-18-14)8-17-16(19)15-13-6-4-3-5-11(13)9-21-15/h9-10,12H,3-8H2,1-2H3,(H,17,19)/t12-/m1/s1. The quantitative estimate of drug-likeness (QED) is 0.929. The van der Waals surface area contributed by atoms with E-state index in [0.717, 1.165) is 29.9 Å². The lowest BCUT2D eigenvalue weighted by Gasteiger charge is -2.14. The van der Waals surface area contributed by atoms with Crippen LogP contribution in [-0.4, -0.2) is 24.3 Å². The SMILES string of the molecule is CC(C)C1=NO[C@@H](CNC(=O)c2scc3c2CCCC3)C1. The number of fused-ring (bicyclic) bond motifs is 1. The van der Waals surface area contributed by atoms with Gasteiger partial charge in [0.15, 0.2) is 0 Å². The molecule has 1 aliphatic carbocycles. The molecule has 1 aromatic heterocycles. The molecule has 21 heavy (non-hydrogen) atoms. The topological polar surface area (TPSA) is 50.7 Å². The van der Waals surface area contributed by atoms with E-state index in [2.05, 4.69) is 29.7 Å². The van der Waals surface area contributed by atoms with Crippen molar-refractivity contribution in [3.63, 3.8) is 0 Å². The number of aryl methyl sites for hydroxylation is 1. The number of thiophene rings is 1. The summed E-state index contributed by atoms with van der Waals surface area (Å²) in [6, 6.07) is 0. The van der Waals surface area contributed by atoms with E-state index in [1.54, 1.807) is 11.3 Å². The third kappa shape index (κ3) is 3.12. The maximum atomic E-state index is 12.4. The van der Waals surface area contributed by atoms with Gasteiger partial charge in [0.05, 0.1) is 17.1 Å². The van der Waals surface area contributed by atoms with Gasteiger partial charge in [0.2, 0.25) is 0 Å². The van der Waals surface area contributed by atoms with Gasteiger partial charge in [-0.15, -0.1) is 11.3 Å². The van der Waals surface area contributed by atoms with E-state index >= 15 is 0 Å². The Morgan fingerprint density at radius 3 is 3.05 bits per heavy atom. The highest BCUT2D eigenvalue weighted by atomic mass is 32.1. The predicted molar refractivity (Wildman–Crippen MR) is 85.1 cm³/mol. The summed E-state index contributed by atoms with van der Waals surface area (Å²) >= 11 is 1.58. The molecular weight excluding hydrogens is 284 g/mol. The molecule has 1 atom stereocenters. The molecule has 0 bridgehead atoms. The molecule has 0 saturated carbocycles. The van der Waals surface area contributed by atoms with Gasteiger partial charge in [0.25, 0.3) is 5.91 Å². The Bertz CT molecular complexity index is 563. The van der Waals surface area contributed by atoms with Crippen molar-refractivity contribution in [1.82, 2.24) is 5.32 Å². The van der Waals surface area contributed by atoms with E-state index in [-0.39, 0.29) is 12.0 Å². The molecule has 1 aliphatic heterocycles. The Morgan fingerprint density at radius 1 is 1.48 bits per heavy atom. The Balaban J connectivity index is 1.55. The summed E-state index contributed by atoms with van der Waals surface area (Å²) in [5.74, 6) is 0.458. The second kappa shape index (κ2) is 6.18. The van der Waals surface area contributed by atoms with Crippen molar-refractivity contribution in [2.45, 2.75) is 52.1 Å². The van der Waals surface area contributed by atoms with Crippen LogP contribution in [0.25, 0.3) is 0 Å². The minimum absolute atomic E-state index is 0.0119. The first-order valence-electron chi connectivity index (χ1n) is 7.75. The number of rotatable bonds is 4. The zero-order valence-electron chi connectivity index (χ0n) is 12.6. The fraction of sp³-hybridized carbons (Fsp3) is 0.625. The monoisotopic (exact) mass is 306 g/mol. The third-order valence-electron chi connectivity index (χ3n) is 4.22. The molecule has 0 aromatic carbocycles. The van der Waals surface area contributed by atoms with E-state index in [1.807, 2.05) is 0 Å². The van der Waals surface area contributed by atoms with Crippen molar-refractivity contribution in [3.8, 4) is 0 Å². The van der Waals surface area contributed by atoms with Gasteiger partial charge in [-0.05, 0) is 48.1 Å². The summed E-state index contributed by atoms with van der Waals surface area (Å²) in [4.78, 5) is 18.6. The fourth-order valence-corrected chi connectivity index (χ4v) is 3.97. The maximum absolute atomic E-state index is 12.4. The van der Waals surface area contributed by atoms with Gasteiger partial charge in [-0.1, -0.05) is 19.0 Å². The number of carbonyl (C=O) groups is 1. The second-order valence-corrected chi connectivity index (χ2v) is 7.03. The number of nitrogens with zero attached hydrogens (tertiary/aromatic N) is 1. The van der Waals surface area contributed by atoms with Crippen LogP contribution in [0.2, 0.25) is 0 Å². The molecule has 114 valence electrons. The molecule has 2 aliphatic rings. The molecule has 3 rings (SSSR count). The van der Waals surface area contributed by atoms with Gasteiger partial charge in [0.1, 0.15) is 6.10 Å². The minimum atomic E-state index is -0.0119. The first-order chi connectivity index (χ1) is 10.1. The summed E-state index contributed by atoms with van der Waals surface area (Å²) in [5, 5.41) is 9.25. The van der Waals surface area contributed by atoms with Gasteiger partial charge < -0.3 is 10.2 Å². The highest BCUT2D eigenvalue weighted by Crippen LogP contribution is 2.29. The Morgan fingerprint density at radius 2 is 2.29 bits per heavy atom. The predicted octanol–water partition coefficient (Wildman–Crippen LogP) is 3.16. The smallest absolute Gasteiger partial charge is 0.261 e. The Kier molecular flexibility index (Phi) is 4.29. The number of hydrogen-bond donors (Lipinski definition) is 1. The van der Waals surface area contributed by atoms with Crippen LogP contribution in [0.5, 0.6) is 0 Å². The first-order valence-corrected chi connectivity index (χ1v) is 8.63. The van der Waals surface area contributed by atoms with Crippen molar-refractivity contribution >= 4 is 23.0 Å². The largest absolute Gasteiger partial charge is 0.390 e. The van der Waals surface area contributed by atoms with E-state index in [1.165, 1.54) is 24.0 Å². The zero-order valence-corrected chi connectivity index (χ0v) is 13.5. The molecule has 4 nitrogen and oxygen atoms in total. The van der Waals surface area contributed by atoms with Crippen molar-refractivity contribution < 1.29 is 9.63 Å². The number of hydrogen-bond acceptors (Lipinski definition) is 4. The third-order valence-corrected chi connectivity index (χ3v) is 5.29. The van der Waals surface area contributed by atoms with Crippen LogP contribution in [0.3, 0.4) is 0 Å². The summed E-state index contributed by atoms with van der Waals surface area (Å²) < 4.78 is 0. The molecule has 0 saturated heterocycles. The fourth-order valence-electron chi connectivity index (χ4n) is 2.90. The van der Waals surface area contributed by atoms with Crippen LogP contribution in [0.15, 0.2) is 10.5 Å². The summed E-state index contributed by atoms with van der Waals surface area (Å²) in [5.41, 5.74) is 3.73. The van der Waals surface area contributed by atoms with E-state index in [4.69, 9.17) is 4.84 Å². The molecule has 0 fully saturated rings. The van der Waals surface area contributed by atoms with Crippen molar-refractivity contribution in [3.05, 3.63) is 21.4 Å². The van der Waals surface area contributed by atoms with Crippen LogP contribution in [0.1, 0.15) is 53.9 Å². The summed E-state index contributed by atoms with van der Waals surface area (Å²) in [6.45, 7) is 4.76. The van der Waals surface area contributed by atoms with Gasteiger partial charge in [-0.3, -0.25) is 4.79 Å². The normalized spacial score (nSPS) is 20.9. The lowest BCUT2D eigenvalue weighted by atomic mass is 9.94. The maximum Gasteiger partial charge on any atom is 0.261 e. The molecule has 1 N–H and O–H groups in total. The number of nitrogens with one attached hydrogen (secondary N) is 1. The lowest BCUT2D eigenvalue weighted by molar-refractivity contribution is 0.0755. The summed E-state index contributed by atoms with van der Waals surface area (Å²) in [7, 11) is 0. The van der Waals surface area contributed by atoms with Crippen LogP contribution < -0.4 is 5.32 Å². The highest BCUT2D eigenvalue weighted by molar-refractivity contribution is 7.12. The molecular formula is C16H22N2O2S. The minimum Gasteiger partial charge on any atom is -0.390 e. The average molecular weight is 306 g/mol. The van der Waals surface area contributed by atoms with Crippen molar-refractivity contribution in [1.29, 1.82) is 0 Å². The lowest BCUT2D eigenvalue weighted by Crippen LogP contribution is -2.32. The molecule has 5 heteroatoms. The van der Waals surface area contributed by atoms with Crippen LogP contribution in [0.4, 0.5) is 0 Å². The van der Waals surface area contributed by atoms with Crippen LogP contribution >= 0.6 is 11.3 Å². The molecule has 1 amide bonds. The Hall–Kier alpha value is -1.36. The number of oxime groups is 1. The van der Waals surface area contributed by atoms with Crippen molar-refractivity contribution in [2.24, 2.45) is 11.1 Å². The first kappa shape index (κ1) is 14.6. The molecule has 0 radical (unpaired) electrons. The van der Waals surface area contributed by atoms with Crippen LogP contribution in [0, 0.1) is 5.92 Å². The van der Waals surface area contributed by atoms with Gasteiger partial charge in [-0.25, -0.2) is 0 Å². The Labute approximate surface area is 129 Å².